The Morgan fingerprint density at radius 3 is 2.57 bits per heavy atom. The Morgan fingerprint density at radius 2 is 2.00 bits per heavy atom. The second kappa shape index (κ2) is 7.94. The van der Waals surface area contributed by atoms with Gasteiger partial charge in [-0.3, -0.25) is 4.98 Å². The number of aliphatic imine (C=N–C) groups is 1. The van der Waals surface area contributed by atoms with Crippen LogP contribution in [0.25, 0.3) is 0 Å². The number of aryl methyl sites for hydroxylation is 1. The average molecular weight is 379 g/mol. The van der Waals surface area contributed by atoms with Crippen molar-refractivity contribution in [1.82, 2.24) is 15.2 Å². The molecule has 28 heavy (non-hydrogen) atoms. The molecule has 0 bridgehead atoms. The van der Waals surface area contributed by atoms with Crippen LogP contribution in [0.2, 0.25) is 0 Å². The molecule has 2 heterocycles. The lowest BCUT2D eigenvalue weighted by atomic mass is 9.95. The molecule has 0 aromatic carbocycles. The third-order valence-corrected chi connectivity index (χ3v) is 5.99. The maximum Gasteiger partial charge on any atom is 0.129 e. The highest BCUT2D eigenvalue weighted by Gasteiger charge is 2.38. The molecule has 0 saturated heterocycles. The van der Waals surface area contributed by atoms with Crippen molar-refractivity contribution in [1.29, 1.82) is 0 Å². The van der Waals surface area contributed by atoms with E-state index in [4.69, 9.17) is 0 Å². The van der Waals surface area contributed by atoms with Gasteiger partial charge in [0.2, 0.25) is 0 Å². The van der Waals surface area contributed by atoms with Crippen LogP contribution in [0.5, 0.6) is 0 Å². The number of pyridine rings is 1. The molecule has 0 spiro atoms. The average Bonchev–Trinajstić information content (AvgIpc) is 3.42. The Labute approximate surface area is 170 Å². The Bertz CT molecular complexity index is 851. The normalized spacial score (nSPS) is 18.0. The molecule has 4 nitrogen and oxygen atoms in total. The molecule has 1 aliphatic heterocycles. The van der Waals surface area contributed by atoms with Crippen LogP contribution in [0.15, 0.2) is 52.1 Å². The van der Waals surface area contributed by atoms with Crippen LogP contribution in [0.3, 0.4) is 0 Å². The van der Waals surface area contributed by atoms with E-state index >= 15 is 0 Å². The van der Waals surface area contributed by atoms with Crippen molar-refractivity contribution in [3.8, 4) is 0 Å². The molecule has 1 aromatic heterocycles. The number of allylic oxidation sites excluding steroid dienone is 2. The van der Waals surface area contributed by atoms with Gasteiger partial charge in [-0.2, -0.15) is 0 Å². The molecular formula is C24H34N4. The summed E-state index contributed by atoms with van der Waals surface area (Å²) in [4.78, 5) is 11.3. The van der Waals surface area contributed by atoms with Gasteiger partial charge in [0.1, 0.15) is 5.82 Å². The Hall–Kier alpha value is -2.36. The first-order valence-electron chi connectivity index (χ1n) is 10.3. The summed E-state index contributed by atoms with van der Waals surface area (Å²) < 4.78 is 0. The van der Waals surface area contributed by atoms with Crippen molar-refractivity contribution >= 4 is 6.72 Å². The summed E-state index contributed by atoms with van der Waals surface area (Å²) in [6.07, 6.45) is 6.43. The second-order valence-electron chi connectivity index (χ2n) is 8.61. The van der Waals surface area contributed by atoms with E-state index in [-0.39, 0.29) is 5.54 Å². The van der Waals surface area contributed by atoms with E-state index in [9.17, 15) is 0 Å². The summed E-state index contributed by atoms with van der Waals surface area (Å²) >= 11 is 0. The third kappa shape index (κ3) is 4.21. The highest BCUT2D eigenvalue weighted by atomic mass is 15.1. The van der Waals surface area contributed by atoms with Gasteiger partial charge in [0.25, 0.3) is 0 Å². The number of rotatable bonds is 7. The van der Waals surface area contributed by atoms with Crippen LogP contribution in [-0.2, 0) is 19.4 Å². The minimum absolute atomic E-state index is 0.165. The quantitative estimate of drug-likeness (QED) is 0.540. The van der Waals surface area contributed by atoms with Gasteiger partial charge in [-0.1, -0.05) is 19.1 Å². The number of nitrogens with zero attached hydrogens (tertiary/aromatic N) is 3. The summed E-state index contributed by atoms with van der Waals surface area (Å²) in [5.74, 6) is 0.879. The summed E-state index contributed by atoms with van der Waals surface area (Å²) in [7, 11) is 0. The summed E-state index contributed by atoms with van der Waals surface area (Å²) in [6, 6.07) is 2.27. The van der Waals surface area contributed by atoms with Gasteiger partial charge in [0.15, 0.2) is 0 Å². The van der Waals surface area contributed by atoms with Gasteiger partial charge < -0.3 is 10.2 Å². The van der Waals surface area contributed by atoms with Crippen LogP contribution in [0.4, 0.5) is 0 Å². The fraction of sp³-hybridized carbons (Fsp3) is 0.500. The predicted octanol–water partition coefficient (Wildman–Crippen LogP) is 4.93. The minimum Gasteiger partial charge on any atom is -0.367 e. The van der Waals surface area contributed by atoms with Gasteiger partial charge >= 0.3 is 0 Å². The molecule has 0 amide bonds. The lowest BCUT2D eigenvalue weighted by molar-refractivity contribution is 0.328. The van der Waals surface area contributed by atoms with Gasteiger partial charge in [-0.15, -0.1) is 0 Å². The maximum absolute atomic E-state index is 4.60. The molecule has 0 unspecified atom stereocenters. The highest BCUT2D eigenvalue weighted by molar-refractivity contribution is 5.50. The van der Waals surface area contributed by atoms with Crippen molar-refractivity contribution in [2.24, 2.45) is 4.99 Å². The Morgan fingerprint density at radius 1 is 1.29 bits per heavy atom. The molecule has 4 heteroatoms. The zero-order chi connectivity index (χ0) is 20.5. The molecule has 2 aliphatic rings. The first-order chi connectivity index (χ1) is 13.3. The lowest BCUT2D eigenvalue weighted by Crippen LogP contribution is -2.32. The van der Waals surface area contributed by atoms with Crippen molar-refractivity contribution in [2.75, 3.05) is 6.54 Å². The van der Waals surface area contributed by atoms with Crippen molar-refractivity contribution in [3.63, 3.8) is 0 Å². The van der Waals surface area contributed by atoms with E-state index in [2.05, 4.69) is 74.2 Å². The van der Waals surface area contributed by atoms with Gasteiger partial charge in [-0.25, -0.2) is 4.99 Å². The topological polar surface area (TPSA) is 40.5 Å². The van der Waals surface area contributed by atoms with E-state index in [0.29, 0.717) is 0 Å². The first kappa shape index (κ1) is 20.4. The summed E-state index contributed by atoms with van der Waals surface area (Å²) in [6.45, 7) is 20.9. The highest BCUT2D eigenvalue weighted by Crippen LogP contribution is 2.37. The zero-order valence-corrected chi connectivity index (χ0v) is 18.2. The fourth-order valence-electron chi connectivity index (χ4n) is 3.92. The van der Waals surface area contributed by atoms with Crippen molar-refractivity contribution in [2.45, 2.75) is 72.4 Å². The Kier molecular flexibility index (Phi) is 5.78. The third-order valence-electron chi connectivity index (χ3n) is 5.99. The summed E-state index contributed by atoms with van der Waals surface area (Å²) in [5.41, 5.74) is 8.70. The van der Waals surface area contributed by atoms with Gasteiger partial charge in [0, 0.05) is 47.4 Å². The van der Waals surface area contributed by atoms with Crippen LogP contribution in [0.1, 0.15) is 64.3 Å². The largest absolute Gasteiger partial charge is 0.367 e. The zero-order valence-electron chi connectivity index (χ0n) is 18.2. The standard InChI is InChI=1S/C24H34N4/c1-8-21-13-19-9-12-28(15-20(19)14-26-21)18(5)22(16(2)3)17(4)23(25-7)27-24(6)10-11-24/h13-14,27H,5,7-12,15H2,1-4,6H3/b23-17-. The van der Waals surface area contributed by atoms with Crippen molar-refractivity contribution < 1.29 is 0 Å². The van der Waals surface area contributed by atoms with Gasteiger partial charge in [-0.05, 0) is 77.3 Å². The van der Waals surface area contributed by atoms with E-state index in [1.807, 2.05) is 6.20 Å². The van der Waals surface area contributed by atoms with Crippen LogP contribution < -0.4 is 5.32 Å². The molecule has 0 atom stereocenters. The van der Waals surface area contributed by atoms with Gasteiger partial charge in [0.05, 0.1) is 0 Å². The van der Waals surface area contributed by atoms with E-state index < -0.39 is 0 Å². The molecule has 0 radical (unpaired) electrons. The van der Waals surface area contributed by atoms with Crippen LogP contribution in [-0.4, -0.2) is 28.7 Å². The summed E-state index contributed by atoms with van der Waals surface area (Å²) in [5, 5.41) is 3.58. The van der Waals surface area contributed by atoms with Crippen LogP contribution >= 0.6 is 0 Å². The SMILES string of the molecule is C=N/C(NC1(C)CC1)=C(\C)C(C(=C)N1CCc2cc(CC)ncc2C1)=C(C)C. The Balaban J connectivity index is 1.86. The molecule has 1 fully saturated rings. The molecule has 1 aromatic rings. The number of nitrogens with one attached hydrogen (secondary N) is 1. The predicted molar refractivity (Wildman–Crippen MR) is 118 cm³/mol. The number of fused-ring (bicyclic) bond motifs is 1. The molecule has 150 valence electrons. The maximum atomic E-state index is 4.60. The van der Waals surface area contributed by atoms with E-state index in [0.717, 1.165) is 43.0 Å². The fourth-order valence-corrected chi connectivity index (χ4v) is 3.92. The van der Waals surface area contributed by atoms with Crippen LogP contribution in [0, 0.1) is 0 Å². The first-order valence-corrected chi connectivity index (χ1v) is 10.3. The van der Waals surface area contributed by atoms with E-state index in [1.165, 1.54) is 40.8 Å². The van der Waals surface area contributed by atoms with E-state index in [1.54, 1.807) is 0 Å². The number of hydrogen-bond acceptors (Lipinski definition) is 4. The van der Waals surface area contributed by atoms with Crippen molar-refractivity contribution in [3.05, 3.63) is 63.9 Å². The number of hydrogen-bond donors (Lipinski definition) is 1. The monoisotopic (exact) mass is 378 g/mol. The smallest absolute Gasteiger partial charge is 0.129 e. The molecule has 1 N–H and O–H groups in total. The molecule has 1 aliphatic carbocycles. The minimum atomic E-state index is 0.165. The molecular weight excluding hydrogens is 344 g/mol. The molecule has 1 saturated carbocycles. The number of aromatic nitrogens is 1. The molecule has 3 rings (SSSR count). The lowest BCUT2D eigenvalue weighted by Gasteiger charge is -2.34. The second-order valence-corrected chi connectivity index (χ2v) is 8.61.